The normalized spacial score (nSPS) is 11.3. The van der Waals surface area contributed by atoms with Crippen molar-refractivity contribution in [2.24, 2.45) is 0 Å². The van der Waals surface area contributed by atoms with E-state index < -0.39 is 11.7 Å². The first-order valence-electron chi connectivity index (χ1n) is 8.57. The zero-order valence-corrected chi connectivity index (χ0v) is 15.3. The van der Waals surface area contributed by atoms with Gasteiger partial charge in [-0.25, -0.2) is 4.68 Å². The molecule has 1 heterocycles. The summed E-state index contributed by atoms with van der Waals surface area (Å²) in [5, 5.41) is 10.0. The van der Waals surface area contributed by atoms with Crippen LogP contribution in [0.4, 0.5) is 19.0 Å². The molecule has 0 atom stereocenters. The Morgan fingerprint density at radius 1 is 1.11 bits per heavy atom. The fourth-order valence-electron chi connectivity index (χ4n) is 2.75. The fourth-order valence-corrected chi connectivity index (χ4v) is 2.75. The van der Waals surface area contributed by atoms with Gasteiger partial charge in [-0.2, -0.15) is 18.3 Å². The molecule has 0 saturated carbocycles. The molecule has 0 fully saturated rings. The first-order chi connectivity index (χ1) is 13.3. The van der Waals surface area contributed by atoms with Crippen LogP contribution in [0.1, 0.15) is 27.2 Å². The lowest BCUT2D eigenvalue weighted by Crippen LogP contribution is -2.17. The van der Waals surface area contributed by atoms with Crippen LogP contribution in [0.2, 0.25) is 0 Å². The van der Waals surface area contributed by atoms with Gasteiger partial charge < -0.3 is 10.6 Å². The summed E-state index contributed by atoms with van der Waals surface area (Å²) in [6, 6.07) is 13.8. The van der Waals surface area contributed by atoms with Crippen molar-refractivity contribution in [2.45, 2.75) is 19.6 Å². The number of hydrogen-bond acceptors (Lipinski definition) is 3. The predicted molar refractivity (Wildman–Crippen MR) is 100 cm³/mol. The van der Waals surface area contributed by atoms with Crippen LogP contribution in [0.15, 0.2) is 54.6 Å². The third kappa shape index (κ3) is 4.33. The molecule has 0 aliphatic rings. The second-order valence-electron chi connectivity index (χ2n) is 6.26. The van der Waals surface area contributed by atoms with E-state index in [-0.39, 0.29) is 5.91 Å². The smallest absolute Gasteiger partial charge is 0.366 e. The van der Waals surface area contributed by atoms with Gasteiger partial charge in [0.05, 0.1) is 16.9 Å². The third-order valence-electron chi connectivity index (χ3n) is 4.17. The molecule has 0 bridgehead atoms. The quantitative estimate of drug-likeness (QED) is 0.690. The highest BCUT2D eigenvalue weighted by atomic mass is 19.4. The maximum atomic E-state index is 13.0. The number of carbonyl (C=O) groups is 1. The van der Waals surface area contributed by atoms with Crippen molar-refractivity contribution in [1.82, 2.24) is 15.1 Å². The number of alkyl halides is 3. The zero-order valence-electron chi connectivity index (χ0n) is 15.3. The Morgan fingerprint density at radius 3 is 2.46 bits per heavy atom. The van der Waals surface area contributed by atoms with Crippen LogP contribution in [0.25, 0.3) is 5.69 Å². The van der Waals surface area contributed by atoms with Crippen molar-refractivity contribution in [1.29, 1.82) is 0 Å². The first-order valence-corrected chi connectivity index (χ1v) is 8.57. The third-order valence-corrected chi connectivity index (χ3v) is 4.17. The highest BCUT2D eigenvalue weighted by Crippen LogP contribution is 2.31. The standard InChI is InChI=1S/C20H19F3N4O/c1-13-10-18(25-12-14-6-8-15(9-7-14)19(28)24-2)27(26-13)17-5-3-4-16(11-17)20(21,22)23/h3-11,25H,12H2,1-2H3,(H,24,28). The molecule has 3 rings (SSSR count). The summed E-state index contributed by atoms with van der Waals surface area (Å²) >= 11 is 0. The molecule has 0 aliphatic carbocycles. The Morgan fingerprint density at radius 2 is 1.82 bits per heavy atom. The minimum atomic E-state index is -4.42. The van der Waals surface area contributed by atoms with Crippen LogP contribution in [0.3, 0.4) is 0 Å². The average Bonchev–Trinajstić information content (AvgIpc) is 3.06. The van der Waals surface area contributed by atoms with E-state index >= 15 is 0 Å². The second-order valence-corrected chi connectivity index (χ2v) is 6.26. The minimum absolute atomic E-state index is 0.169. The summed E-state index contributed by atoms with van der Waals surface area (Å²) in [6.45, 7) is 2.20. The van der Waals surface area contributed by atoms with Crippen molar-refractivity contribution < 1.29 is 18.0 Å². The minimum Gasteiger partial charge on any atom is -0.366 e. The number of nitrogens with one attached hydrogen (secondary N) is 2. The van der Waals surface area contributed by atoms with Gasteiger partial charge in [-0.1, -0.05) is 18.2 Å². The van der Waals surface area contributed by atoms with Crippen LogP contribution in [-0.4, -0.2) is 22.7 Å². The summed E-state index contributed by atoms with van der Waals surface area (Å²) < 4.78 is 40.4. The van der Waals surface area contributed by atoms with Gasteiger partial charge >= 0.3 is 6.18 Å². The molecule has 0 saturated heterocycles. The molecule has 0 unspecified atom stereocenters. The topological polar surface area (TPSA) is 59.0 Å². The lowest BCUT2D eigenvalue weighted by Gasteiger charge is -2.12. The van der Waals surface area contributed by atoms with Gasteiger partial charge in [-0.3, -0.25) is 4.79 Å². The lowest BCUT2D eigenvalue weighted by atomic mass is 10.1. The largest absolute Gasteiger partial charge is 0.416 e. The van der Waals surface area contributed by atoms with Gasteiger partial charge in [-0.05, 0) is 42.8 Å². The van der Waals surface area contributed by atoms with Crippen LogP contribution in [0, 0.1) is 6.92 Å². The second kappa shape index (κ2) is 7.75. The molecule has 28 heavy (non-hydrogen) atoms. The van der Waals surface area contributed by atoms with E-state index in [9.17, 15) is 18.0 Å². The van der Waals surface area contributed by atoms with Gasteiger partial charge in [0.25, 0.3) is 5.91 Å². The van der Waals surface area contributed by atoms with E-state index in [4.69, 9.17) is 0 Å². The van der Waals surface area contributed by atoms with Crippen LogP contribution >= 0.6 is 0 Å². The van der Waals surface area contributed by atoms with E-state index in [0.29, 0.717) is 29.3 Å². The number of rotatable bonds is 5. The van der Waals surface area contributed by atoms with E-state index in [1.165, 1.54) is 10.7 Å². The fraction of sp³-hybridized carbons (Fsp3) is 0.200. The number of hydrogen-bond donors (Lipinski definition) is 2. The zero-order chi connectivity index (χ0) is 20.3. The number of amides is 1. The Bertz CT molecular complexity index is 978. The van der Waals surface area contributed by atoms with Crippen LogP contribution < -0.4 is 10.6 Å². The van der Waals surface area contributed by atoms with Crippen molar-refractivity contribution in [3.05, 3.63) is 77.0 Å². The molecule has 2 aromatic carbocycles. The average molecular weight is 388 g/mol. The molecule has 2 N–H and O–H groups in total. The van der Waals surface area contributed by atoms with E-state index in [0.717, 1.165) is 17.7 Å². The molecule has 146 valence electrons. The van der Waals surface area contributed by atoms with Gasteiger partial charge in [0.1, 0.15) is 5.82 Å². The Kier molecular flexibility index (Phi) is 5.39. The van der Waals surface area contributed by atoms with Crippen LogP contribution in [0.5, 0.6) is 0 Å². The maximum Gasteiger partial charge on any atom is 0.416 e. The molecule has 8 heteroatoms. The highest BCUT2D eigenvalue weighted by Gasteiger charge is 2.30. The Balaban J connectivity index is 1.81. The molecule has 3 aromatic rings. The summed E-state index contributed by atoms with van der Waals surface area (Å²) in [5.41, 5.74) is 1.74. The number of aryl methyl sites for hydroxylation is 1. The molecule has 1 amide bonds. The lowest BCUT2D eigenvalue weighted by molar-refractivity contribution is -0.137. The first kappa shape index (κ1) is 19.5. The Labute approximate surface area is 160 Å². The molecule has 5 nitrogen and oxygen atoms in total. The number of halogens is 3. The predicted octanol–water partition coefficient (Wildman–Crippen LogP) is 4.17. The van der Waals surface area contributed by atoms with E-state index in [1.54, 1.807) is 38.2 Å². The molecule has 1 aromatic heterocycles. The maximum absolute atomic E-state index is 13.0. The van der Waals surface area contributed by atoms with Gasteiger partial charge in [-0.15, -0.1) is 0 Å². The van der Waals surface area contributed by atoms with Crippen LogP contribution in [-0.2, 0) is 12.7 Å². The molecular formula is C20H19F3N4O. The molecule has 0 spiro atoms. The number of nitrogens with zero attached hydrogens (tertiary/aromatic N) is 2. The number of carbonyl (C=O) groups excluding carboxylic acids is 1. The molecular weight excluding hydrogens is 369 g/mol. The van der Waals surface area contributed by atoms with Gasteiger partial charge in [0, 0.05) is 25.2 Å². The van der Waals surface area contributed by atoms with Gasteiger partial charge in [0.15, 0.2) is 0 Å². The van der Waals surface area contributed by atoms with Gasteiger partial charge in [0.2, 0.25) is 0 Å². The van der Waals surface area contributed by atoms with Crippen molar-refractivity contribution in [3.63, 3.8) is 0 Å². The SMILES string of the molecule is CNC(=O)c1ccc(CNc2cc(C)nn2-c2cccc(C(F)(F)F)c2)cc1. The molecule has 0 radical (unpaired) electrons. The van der Waals surface area contributed by atoms with E-state index in [1.807, 2.05) is 12.1 Å². The monoisotopic (exact) mass is 388 g/mol. The summed E-state index contributed by atoms with van der Waals surface area (Å²) in [6.07, 6.45) is -4.42. The highest BCUT2D eigenvalue weighted by molar-refractivity contribution is 5.93. The number of benzene rings is 2. The number of aromatic nitrogens is 2. The summed E-state index contributed by atoms with van der Waals surface area (Å²) in [5.74, 6) is 0.407. The van der Waals surface area contributed by atoms with E-state index in [2.05, 4.69) is 15.7 Å². The number of anilines is 1. The van der Waals surface area contributed by atoms with Crippen molar-refractivity contribution >= 4 is 11.7 Å². The summed E-state index contributed by atoms with van der Waals surface area (Å²) in [7, 11) is 1.56. The Hall–Kier alpha value is -3.29. The van der Waals surface area contributed by atoms with Crippen molar-refractivity contribution in [3.8, 4) is 5.69 Å². The van der Waals surface area contributed by atoms with Crippen molar-refractivity contribution in [2.75, 3.05) is 12.4 Å². The summed E-state index contributed by atoms with van der Waals surface area (Å²) in [4.78, 5) is 11.6. The molecule has 0 aliphatic heterocycles.